The highest BCUT2D eigenvalue weighted by Gasteiger charge is 2.14. The van der Waals surface area contributed by atoms with Gasteiger partial charge in [0.05, 0.1) is 19.3 Å². The third-order valence-electron chi connectivity index (χ3n) is 2.94. The lowest BCUT2D eigenvalue weighted by atomic mass is 10.1. The number of hydrogen-bond donors (Lipinski definition) is 1. The van der Waals surface area contributed by atoms with Crippen LogP contribution >= 0.6 is 45.8 Å². The molecule has 0 amide bonds. The first-order valence-corrected chi connectivity index (χ1v) is 8.45. The molecule has 0 aliphatic carbocycles. The Labute approximate surface area is 148 Å². The Kier molecular flexibility index (Phi) is 5.68. The van der Waals surface area contributed by atoms with E-state index in [0.717, 1.165) is 27.1 Å². The Balaban J connectivity index is 2.54. The smallest absolute Gasteiger partial charge is 0.161 e. The molecule has 1 N–H and O–H groups in total. The van der Waals surface area contributed by atoms with Crippen LogP contribution in [0, 0.1) is 9.49 Å². The molecule has 0 saturated heterocycles. The molecule has 0 fully saturated rings. The molecule has 0 unspecified atom stereocenters. The monoisotopic (exact) mass is 435 g/mol. The minimum atomic E-state index is 0.507. The van der Waals surface area contributed by atoms with Gasteiger partial charge in [0.25, 0.3) is 0 Å². The maximum atomic E-state index is 6.09. The van der Waals surface area contributed by atoms with Crippen molar-refractivity contribution in [2.24, 2.45) is 5.92 Å². The molecule has 2 aromatic rings. The van der Waals surface area contributed by atoms with Crippen molar-refractivity contribution in [2.75, 3.05) is 12.4 Å². The van der Waals surface area contributed by atoms with E-state index in [-0.39, 0.29) is 0 Å². The standard InChI is InChI=1S/C15H16Cl2IN3/c1-8(2)6-12-13(18)15(19-3)21-14(20-12)9-4-5-10(16)11(17)7-9/h4-5,7-8H,6H2,1-3H3,(H,19,20,21). The molecule has 0 spiro atoms. The van der Waals surface area contributed by atoms with Gasteiger partial charge in [-0.15, -0.1) is 0 Å². The van der Waals surface area contributed by atoms with Crippen molar-refractivity contribution in [3.05, 3.63) is 37.5 Å². The van der Waals surface area contributed by atoms with Crippen molar-refractivity contribution in [1.82, 2.24) is 9.97 Å². The van der Waals surface area contributed by atoms with Gasteiger partial charge < -0.3 is 5.32 Å². The summed E-state index contributed by atoms with van der Waals surface area (Å²) in [4.78, 5) is 9.27. The van der Waals surface area contributed by atoms with Crippen LogP contribution in [0.1, 0.15) is 19.5 Å². The van der Waals surface area contributed by atoms with Gasteiger partial charge in [0.2, 0.25) is 0 Å². The molecule has 3 nitrogen and oxygen atoms in total. The van der Waals surface area contributed by atoms with Gasteiger partial charge in [-0.1, -0.05) is 37.0 Å². The number of benzene rings is 1. The maximum absolute atomic E-state index is 6.09. The number of nitrogens with zero attached hydrogens (tertiary/aromatic N) is 2. The third-order valence-corrected chi connectivity index (χ3v) is 4.81. The molecule has 2 rings (SSSR count). The Morgan fingerprint density at radius 2 is 1.90 bits per heavy atom. The number of nitrogens with one attached hydrogen (secondary N) is 1. The first-order chi connectivity index (χ1) is 9.92. The van der Waals surface area contributed by atoms with Crippen molar-refractivity contribution in [1.29, 1.82) is 0 Å². The number of hydrogen-bond acceptors (Lipinski definition) is 3. The van der Waals surface area contributed by atoms with Crippen molar-refractivity contribution in [3.8, 4) is 11.4 Å². The number of rotatable bonds is 4. The number of halogens is 3. The zero-order valence-corrected chi connectivity index (χ0v) is 15.7. The molecular weight excluding hydrogens is 420 g/mol. The highest BCUT2D eigenvalue weighted by atomic mass is 127. The van der Waals surface area contributed by atoms with Gasteiger partial charge in [0, 0.05) is 12.6 Å². The zero-order chi connectivity index (χ0) is 15.6. The third kappa shape index (κ3) is 3.99. The van der Waals surface area contributed by atoms with Gasteiger partial charge >= 0.3 is 0 Å². The fraction of sp³-hybridized carbons (Fsp3) is 0.333. The van der Waals surface area contributed by atoms with E-state index in [0.29, 0.717) is 21.8 Å². The van der Waals surface area contributed by atoms with Crippen LogP contribution in [0.4, 0.5) is 5.82 Å². The van der Waals surface area contributed by atoms with Gasteiger partial charge in [-0.25, -0.2) is 9.97 Å². The fourth-order valence-electron chi connectivity index (χ4n) is 1.95. The molecule has 6 heteroatoms. The van der Waals surface area contributed by atoms with Crippen molar-refractivity contribution in [3.63, 3.8) is 0 Å². The summed E-state index contributed by atoms with van der Waals surface area (Å²) in [6.45, 7) is 4.35. The minimum absolute atomic E-state index is 0.507. The lowest BCUT2D eigenvalue weighted by Crippen LogP contribution is -2.07. The van der Waals surface area contributed by atoms with Crippen LogP contribution in [0.3, 0.4) is 0 Å². The van der Waals surface area contributed by atoms with Crippen molar-refractivity contribution >= 4 is 51.6 Å². The van der Waals surface area contributed by atoms with Crippen molar-refractivity contribution < 1.29 is 0 Å². The van der Waals surface area contributed by atoms with E-state index in [1.165, 1.54) is 0 Å². The number of anilines is 1. The molecule has 21 heavy (non-hydrogen) atoms. The van der Waals surface area contributed by atoms with Gasteiger partial charge in [0.1, 0.15) is 5.82 Å². The Bertz CT molecular complexity index is 660. The van der Waals surface area contributed by atoms with E-state index < -0.39 is 0 Å². The molecule has 1 aromatic carbocycles. The summed E-state index contributed by atoms with van der Waals surface area (Å²) in [5.74, 6) is 2.02. The topological polar surface area (TPSA) is 37.8 Å². The van der Waals surface area contributed by atoms with Gasteiger partial charge in [-0.2, -0.15) is 0 Å². The molecule has 0 aliphatic rings. The van der Waals surface area contributed by atoms with Crippen molar-refractivity contribution in [2.45, 2.75) is 20.3 Å². The van der Waals surface area contributed by atoms with E-state index in [1.807, 2.05) is 13.1 Å². The summed E-state index contributed by atoms with van der Waals surface area (Å²) in [7, 11) is 1.86. The van der Waals surface area contributed by atoms with E-state index in [2.05, 4.69) is 46.7 Å². The molecule has 0 atom stereocenters. The summed E-state index contributed by atoms with van der Waals surface area (Å²) >= 11 is 14.3. The first kappa shape index (κ1) is 16.8. The summed E-state index contributed by atoms with van der Waals surface area (Å²) in [5, 5.41) is 4.16. The highest BCUT2D eigenvalue weighted by molar-refractivity contribution is 14.1. The summed E-state index contributed by atoms with van der Waals surface area (Å²) in [6.07, 6.45) is 0.907. The zero-order valence-electron chi connectivity index (χ0n) is 12.0. The molecule has 0 saturated carbocycles. The quantitative estimate of drug-likeness (QED) is 0.662. The Hall–Kier alpha value is -0.590. The Morgan fingerprint density at radius 3 is 2.48 bits per heavy atom. The lowest BCUT2D eigenvalue weighted by molar-refractivity contribution is 0.632. The van der Waals surface area contributed by atoms with Crippen LogP contribution in [-0.4, -0.2) is 17.0 Å². The molecule has 0 aliphatic heterocycles. The fourth-order valence-corrected chi connectivity index (χ4v) is 2.97. The largest absolute Gasteiger partial charge is 0.372 e. The summed E-state index contributed by atoms with van der Waals surface area (Å²) < 4.78 is 1.06. The summed E-state index contributed by atoms with van der Waals surface area (Å²) in [5.41, 5.74) is 1.91. The molecule has 1 heterocycles. The van der Waals surface area contributed by atoms with Gasteiger partial charge in [-0.3, -0.25) is 0 Å². The molecule has 112 valence electrons. The maximum Gasteiger partial charge on any atom is 0.161 e. The SMILES string of the molecule is CNc1nc(-c2ccc(Cl)c(Cl)c2)nc(CC(C)C)c1I. The van der Waals surface area contributed by atoms with E-state index in [1.54, 1.807) is 12.1 Å². The molecule has 0 radical (unpaired) electrons. The van der Waals surface area contributed by atoms with Crippen LogP contribution in [0.15, 0.2) is 18.2 Å². The highest BCUT2D eigenvalue weighted by Crippen LogP contribution is 2.29. The van der Waals surface area contributed by atoms with Crippen LogP contribution < -0.4 is 5.32 Å². The normalized spacial score (nSPS) is 11.0. The predicted molar refractivity (Wildman–Crippen MR) is 98.3 cm³/mol. The second kappa shape index (κ2) is 7.11. The second-order valence-electron chi connectivity index (χ2n) is 5.13. The van der Waals surface area contributed by atoms with Crippen LogP contribution in [0.5, 0.6) is 0 Å². The van der Waals surface area contributed by atoms with E-state index in [4.69, 9.17) is 28.2 Å². The number of aromatic nitrogens is 2. The summed E-state index contributed by atoms with van der Waals surface area (Å²) in [6, 6.07) is 5.45. The van der Waals surface area contributed by atoms with Gasteiger partial charge in [-0.05, 0) is 53.1 Å². The lowest BCUT2D eigenvalue weighted by Gasteiger charge is -2.13. The minimum Gasteiger partial charge on any atom is -0.372 e. The predicted octanol–water partition coefficient (Wildman–Crippen LogP) is 5.30. The Morgan fingerprint density at radius 1 is 1.19 bits per heavy atom. The molecule has 0 bridgehead atoms. The van der Waals surface area contributed by atoms with E-state index >= 15 is 0 Å². The molecule has 1 aromatic heterocycles. The van der Waals surface area contributed by atoms with Crippen LogP contribution in [0.2, 0.25) is 10.0 Å². The van der Waals surface area contributed by atoms with Crippen LogP contribution in [0.25, 0.3) is 11.4 Å². The van der Waals surface area contributed by atoms with Gasteiger partial charge in [0.15, 0.2) is 5.82 Å². The first-order valence-electron chi connectivity index (χ1n) is 6.62. The average Bonchev–Trinajstić information content (AvgIpc) is 2.43. The average molecular weight is 436 g/mol. The van der Waals surface area contributed by atoms with E-state index in [9.17, 15) is 0 Å². The second-order valence-corrected chi connectivity index (χ2v) is 7.03. The van der Waals surface area contributed by atoms with Crippen LogP contribution in [-0.2, 0) is 6.42 Å². The molecular formula is C15H16Cl2IN3.